The Balaban J connectivity index is 2.45. The standard InChI is InChI=1S/C11H13NOS/c1-3-14-10-11(2,13)8-6-4-5-7-9(8)12-10/h4-7,13H,3H2,1-2H3. The molecule has 0 aliphatic carbocycles. The second kappa shape index (κ2) is 3.41. The van der Waals surface area contributed by atoms with E-state index in [2.05, 4.69) is 11.9 Å². The third-order valence-electron chi connectivity index (χ3n) is 2.35. The first-order valence-electron chi connectivity index (χ1n) is 4.70. The molecule has 1 heterocycles. The third kappa shape index (κ3) is 1.37. The summed E-state index contributed by atoms with van der Waals surface area (Å²) in [5, 5.41) is 11.1. The molecular formula is C11H13NOS. The van der Waals surface area contributed by atoms with E-state index in [9.17, 15) is 5.11 Å². The minimum Gasteiger partial charge on any atom is -0.378 e. The first-order valence-corrected chi connectivity index (χ1v) is 5.68. The van der Waals surface area contributed by atoms with Gasteiger partial charge in [-0.1, -0.05) is 25.1 Å². The molecule has 1 aliphatic rings. The van der Waals surface area contributed by atoms with E-state index in [4.69, 9.17) is 0 Å². The molecule has 74 valence electrons. The highest BCUT2D eigenvalue weighted by atomic mass is 32.2. The molecule has 1 unspecified atom stereocenters. The van der Waals surface area contributed by atoms with Gasteiger partial charge in [0.05, 0.1) is 5.69 Å². The van der Waals surface area contributed by atoms with Gasteiger partial charge in [-0.2, -0.15) is 0 Å². The van der Waals surface area contributed by atoms with Gasteiger partial charge in [-0.05, 0) is 18.7 Å². The fourth-order valence-corrected chi connectivity index (χ4v) is 2.45. The summed E-state index contributed by atoms with van der Waals surface area (Å²) in [6.07, 6.45) is 0. The minimum atomic E-state index is -0.892. The summed E-state index contributed by atoms with van der Waals surface area (Å²) in [6, 6.07) is 7.75. The molecule has 2 nitrogen and oxygen atoms in total. The summed E-state index contributed by atoms with van der Waals surface area (Å²) < 4.78 is 0. The quantitative estimate of drug-likeness (QED) is 0.768. The fraction of sp³-hybridized carbons (Fsp3) is 0.364. The van der Waals surface area contributed by atoms with Crippen LogP contribution < -0.4 is 0 Å². The van der Waals surface area contributed by atoms with Crippen LogP contribution in [0.1, 0.15) is 19.4 Å². The smallest absolute Gasteiger partial charge is 0.137 e. The van der Waals surface area contributed by atoms with Crippen molar-refractivity contribution >= 4 is 22.5 Å². The molecule has 1 atom stereocenters. The molecular weight excluding hydrogens is 194 g/mol. The zero-order valence-electron chi connectivity index (χ0n) is 8.32. The van der Waals surface area contributed by atoms with Crippen molar-refractivity contribution < 1.29 is 5.11 Å². The highest BCUT2D eigenvalue weighted by molar-refractivity contribution is 8.14. The Bertz CT molecular complexity index is 385. The highest BCUT2D eigenvalue weighted by Crippen LogP contribution is 2.41. The molecule has 0 fully saturated rings. The van der Waals surface area contributed by atoms with E-state index < -0.39 is 5.60 Å². The summed E-state index contributed by atoms with van der Waals surface area (Å²) >= 11 is 1.60. The summed E-state index contributed by atoms with van der Waals surface area (Å²) in [5.41, 5.74) is 0.918. The maximum Gasteiger partial charge on any atom is 0.137 e. The first-order chi connectivity index (χ1) is 6.66. The molecule has 2 rings (SSSR count). The largest absolute Gasteiger partial charge is 0.378 e. The van der Waals surface area contributed by atoms with E-state index in [1.165, 1.54) is 0 Å². The summed E-state index contributed by atoms with van der Waals surface area (Å²) in [4.78, 5) is 4.42. The molecule has 0 spiro atoms. The number of thioether (sulfide) groups is 1. The van der Waals surface area contributed by atoms with Gasteiger partial charge in [0.25, 0.3) is 0 Å². The zero-order chi connectivity index (χ0) is 10.2. The van der Waals surface area contributed by atoms with Crippen LogP contribution in [0.15, 0.2) is 29.3 Å². The number of para-hydroxylation sites is 1. The van der Waals surface area contributed by atoms with Gasteiger partial charge >= 0.3 is 0 Å². The predicted octanol–water partition coefficient (Wildman–Crippen LogP) is 2.69. The molecule has 14 heavy (non-hydrogen) atoms. The lowest BCUT2D eigenvalue weighted by molar-refractivity contribution is 0.140. The average Bonchev–Trinajstić information content (AvgIpc) is 2.41. The number of hydrogen-bond donors (Lipinski definition) is 1. The summed E-state index contributed by atoms with van der Waals surface area (Å²) in [6.45, 7) is 3.87. The maximum atomic E-state index is 10.3. The number of benzene rings is 1. The van der Waals surface area contributed by atoms with Gasteiger partial charge in [0, 0.05) is 5.56 Å². The lowest BCUT2D eigenvalue weighted by Crippen LogP contribution is -2.26. The van der Waals surface area contributed by atoms with Crippen molar-refractivity contribution in [1.29, 1.82) is 0 Å². The van der Waals surface area contributed by atoms with Crippen LogP contribution in [-0.2, 0) is 5.60 Å². The van der Waals surface area contributed by atoms with Gasteiger partial charge in [0.1, 0.15) is 10.6 Å². The fourth-order valence-electron chi connectivity index (χ4n) is 1.63. The molecule has 1 N–H and O–H groups in total. The van der Waals surface area contributed by atoms with Crippen LogP contribution in [-0.4, -0.2) is 15.9 Å². The number of aliphatic hydroxyl groups is 1. The SMILES string of the molecule is CCSC1=Nc2ccccc2C1(C)O. The first kappa shape index (κ1) is 9.74. The molecule has 0 aromatic heterocycles. The van der Waals surface area contributed by atoms with Crippen LogP contribution in [0.25, 0.3) is 0 Å². The van der Waals surface area contributed by atoms with Gasteiger partial charge in [0.15, 0.2) is 0 Å². The van der Waals surface area contributed by atoms with Crippen molar-refractivity contribution in [1.82, 2.24) is 0 Å². The van der Waals surface area contributed by atoms with Crippen molar-refractivity contribution in [3.8, 4) is 0 Å². The number of rotatable bonds is 1. The van der Waals surface area contributed by atoms with Crippen LogP contribution in [0.5, 0.6) is 0 Å². The lowest BCUT2D eigenvalue weighted by atomic mass is 9.98. The Morgan fingerprint density at radius 2 is 2.14 bits per heavy atom. The van der Waals surface area contributed by atoms with Crippen LogP contribution in [0.4, 0.5) is 5.69 Å². The third-order valence-corrected chi connectivity index (χ3v) is 3.40. The second-order valence-corrected chi connectivity index (χ2v) is 4.69. The van der Waals surface area contributed by atoms with Crippen molar-refractivity contribution in [2.45, 2.75) is 19.4 Å². The molecule has 1 aromatic carbocycles. The predicted molar refractivity (Wildman–Crippen MR) is 61.2 cm³/mol. The van der Waals surface area contributed by atoms with Crippen LogP contribution >= 0.6 is 11.8 Å². The molecule has 1 aliphatic heterocycles. The molecule has 3 heteroatoms. The molecule has 0 radical (unpaired) electrons. The molecule has 0 amide bonds. The van der Waals surface area contributed by atoms with Gasteiger partial charge in [-0.15, -0.1) is 11.8 Å². The van der Waals surface area contributed by atoms with E-state index in [0.717, 1.165) is 22.0 Å². The van der Waals surface area contributed by atoms with Gasteiger partial charge in [0.2, 0.25) is 0 Å². The Hall–Kier alpha value is -0.800. The van der Waals surface area contributed by atoms with Crippen molar-refractivity contribution in [3.05, 3.63) is 29.8 Å². The van der Waals surface area contributed by atoms with Crippen LogP contribution in [0.2, 0.25) is 0 Å². The Morgan fingerprint density at radius 3 is 2.79 bits per heavy atom. The van der Waals surface area contributed by atoms with Crippen LogP contribution in [0.3, 0.4) is 0 Å². The summed E-state index contributed by atoms with van der Waals surface area (Å²) in [7, 11) is 0. The molecule has 0 saturated heterocycles. The Morgan fingerprint density at radius 1 is 1.43 bits per heavy atom. The van der Waals surface area contributed by atoms with Crippen molar-refractivity contribution in [2.24, 2.45) is 4.99 Å². The number of aliphatic imine (C=N–C) groups is 1. The topological polar surface area (TPSA) is 32.6 Å². The normalized spacial score (nSPS) is 24.6. The number of fused-ring (bicyclic) bond motifs is 1. The summed E-state index contributed by atoms with van der Waals surface area (Å²) in [5.74, 6) is 0.934. The Labute approximate surface area is 88.1 Å². The van der Waals surface area contributed by atoms with Crippen molar-refractivity contribution in [3.63, 3.8) is 0 Å². The van der Waals surface area contributed by atoms with E-state index >= 15 is 0 Å². The average molecular weight is 207 g/mol. The highest BCUT2D eigenvalue weighted by Gasteiger charge is 2.36. The Kier molecular flexibility index (Phi) is 2.37. The number of nitrogens with zero attached hydrogens (tertiary/aromatic N) is 1. The lowest BCUT2D eigenvalue weighted by Gasteiger charge is -2.19. The van der Waals surface area contributed by atoms with E-state index in [0.29, 0.717) is 0 Å². The second-order valence-electron chi connectivity index (χ2n) is 3.44. The minimum absolute atomic E-state index is 0.807. The van der Waals surface area contributed by atoms with Gasteiger partial charge in [-0.25, -0.2) is 4.99 Å². The van der Waals surface area contributed by atoms with Crippen molar-refractivity contribution in [2.75, 3.05) is 5.75 Å². The zero-order valence-corrected chi connectivity index (χ0v) is 9.14. The van der Waals surface area contributed by atoms with E-state index in [1.807, 2.05) is 24.3 Å². The van der Waals surface area contributed by atoms with Crippen LogP contribution in [0, 0.1) is 0 Å². The van der Waals surface area contributed by atoms with Gasteiger partial charge < -0.3 is 5.11 Å². The monoisotopic (exact) mass is 207 g/mol. The molecule has 0 bridgehead atoms. The maximum absolute atomic E-state index is 10.3. The molecule has 0 saturated carbocycles. The number of hydrogen-bond acceptors (Lipinski definition) is 3. The molecule has 1 aromatic rings. The van der Waals surface area contributed by atoms with E-state index in [1.54, 1.807) is 18.7 Å². The van der Waals surface area contributed by atoms with Gasteiger partial charge in [-0.3, -0.25) is 0 Å². The van der Waals surface area contributed by atoms with E-state index in [-0.39, 0.29) is 0 Å².